The van der Waals surface area contributed by atoms with Crippen molar-refractivity contribution in [1.82, 2.24) is 10.6 Å². The number of methoxy groups -OCH3 is 1. The zero-order valence-corrected chi connectivity index (χ0v) is 16.7. The topological polar surface area (TPSA) is 33.3 Å². The summed E-state index contributed by atoms with van der Waals surface area (Å²) in [6, 6.07) is 8.49. The summed E-state index contributed by atoms with van der Waals surface area (Å²) in [6.07, 6.45) is 4.78. The second-order valence-corrected chi connectivity index (χ2v) is 9.25. The Labute approximate surface area is 163 Å². The average molecular weight is 391 g/mol. The highest BCUT2D eigenvalue weighted by atomic mass is 32.2. The molecule has 132 valence electrons. The normalized spacial score (nSPS) is 23.7. The molecule has 1 aromatic rings. The molecule has 3 nitrogen and oxygen atoms in total. The fourth-order valence-electron chi connectivity index (χ4n) is 3.60. The van der Waals surface area contributed by atoms with E-state index in [1.54, 1.807) is 7.11 Å². The van der Waals surface area contributed by atoms with E-state index in [4.69, 9.17) is 17.0 Å². The van der Waals surface area contributed by atoms with Crippen molar-refractivity contribution in [2.75, 3.05) is 18.6 Å². The monoisotopic (exact) mass is 390 g/mol. The van der Waals surface area contributed by atoms with Crippen molar-refractivity contribution in [1.29, 1.82) is 0 Å². The van der Waals surface area contributed by atoms with E-state index in [9.17, 15) is 0 Å². The number of hydrogen-bond acceptors (Lipinski definition) is 4. The number of nitrogens with one attached hydrogen (secondary N) is 2. The van der Waals surface area contributed by atoms with Crippen LogP contribution in [0.2, 0.25) is 0 Å². The van der Waals surface area contributed by atoms with Crippen LogP contribution in [-0.2, 0) is 0 Å². The first kappa shape index (κ1) is 17.3. The second kappa shape index (κ2) is 7.64. The lowest BCUT2D eigenvalue weighted by Gasteiger charge is -2.37. The van der Waals surface area contributed by atoms with Crippen molar-refractivity contribution >= 4 is 40.9 Å². The Kier molecular flexibility index (Phi) is 5.29. The van der Waals surface area contributed by atoms with Gasteiger partial charge in [0.2, 0.25) is 0 Å². The van der Waals surface area contributed by atoms with Gasteiger partial charge in [0, 0.05) is 9.93 Å². The predicted molar refractivity (Wildman–Crippen MR) is 112 cm³/mol. The first-order chi connectivity index (χ1) is 12.3. The SMILES string of the molecule is COc1ccc([C@H]2NC(=S)NC3=C2CCCC3=C2SCCCS2)cc1. The van der Waals surface area contributed by atoms with Gasteiger partial charge < -0.3 is 15.4 Å². The summed E-state index contributed by atoms with van der Waals surface area (Å²) in [4.78, 5) is 0. The summed E-state index contributed by atoms with van der Waals surface area (Å²) in [6.45, 7) is 0. The van der Waals surface area contributed by atoms with E-state index in [0.717, 1.165) is 23.7 Å². The molecule has 2 N–H and O–H groups in total. The summed E-state index contributed by atoms with van der Waals surface area (Å²) < 4.78 is 6.80. The van der Waals surface area contributed by atoms with Gasteiger partial charge in [-0.3, -0.25) is 0 Å². The van der Waals surface area contributed by atoms with Gasteiger partial charge in [0.1, 0.15) is 5.75 Å². The second-order valence-electron chi connectivity index (χ2n) is 6.37. The number of hydrogen-bond donors (Lipinski definition) is 2. The molecule has 4 rings (SSSR count). The van der Waals surface area contributed by atoms with Gasteiger partial charge >= 0.3 is 0 Å². The minimum Gasteiger partial charge on any atom is -0.497 e. The van der Waals surface area contributed by atoms with E-state index in [1.165, 1.54) is 51.0 Å². The minimum atomic E-state index is 0.157. The number of benzene rings is 1. The van der Waals surface area contributed by atoms with Gasteiger partial charge in [-0.1, -0.05) is 12.1 Å². The quantitative estimate of drug-likeness (QED) is 0.710. The molecule has 1 saturated heterocycles. The molecule has 2 heterocycles. The van der Waals surface area contributed by atoms with E-state index < -0.39 is 0 Å². The first-order valence-electron chi connectivity index (χ1n) is 8.70. The molecule has 0 spiro atoms. The maximum Gasteiger partial charge on any atom is 0.171 e. The highest BCUT2D eigenvalue weighted by Crippen LogP contribution is 2.45. The van der Waals surface area contributed by atoms with Crippen molar-refractivity contribution < 1.29 is 4.74 Å². The van der Waals surface area contributed by atoms with Crippen molar-refractivity contribution in [2.45, 2.75) is 31.7 Å². The van der Waals surface area contributed by atoms with Gasteiger partial charge in [0.15, 0.2) is 5.11 Å². The molecule has 1 aromatic carbocycles. The summed E-state index contributed by atoms with van der Waals surface area (Å²) in [5.74, 6) is 3.36. The number of thioether (sulfide) groups is 2. The number of allylic oxidation sites excluding steroid dienone is 1. The van der Waals surface area contributed by atoms with Gasteiger partial charge in [-0.2, -0.15) is 0 Å². The van der Waals surface area contributed by atoms with Crippen LogP contribution in [0.5, 0.6) is 5.75 Å². The largest absolute Gasteiger partial charge is 0.497 e. The zero-order chi connectivity index (χ0) is 17.2. The maximum absolute atomic E-state index is 5.54. The van der Waals surface area contributed by atoms with E-state index in [2.05, 4.69) is 22.8 Å². The molecule has 6 heteroatoms. The molecule has 0 bridgehead atoms. The molecule has 0 aromatic heterocycles. The Morgan fingerprint density at radius 1 is 1.08 bits per heavy atom. The third-order valence-electron chi connectivity index (χ3n) is 4.81. The first-order valence-corrected chi connectivity index (χ1v) is 11.1. The van der Waals surface area contributed by atoms with E-state index >= 15 is 0 Å². The van der Waals surface area contributed by atoms with Gasteiger partial charge in [-0.25, -0.2) is 0 Å². The third kappa shape index (κ3) is 3.57. The molecule has 1 atom stereocenters. The summed E-state index contributed by atoms with van der Waals surface area (Å²) in [7, 11) is 1.70. The van der Waals surface area contributed by atoms with Gasteiger partial charge in [-0.05, 0) is 78.2 Å². The Balaban J connectivity index is 1.74. The predicted octanol–water partition coefficient (Wildman–Crippen LogP) is 4.73. The van der Waals surface area contributed by atoms with Crippen LogP contribution >= 0.6 is 35.7 Å². The Hall–Kier alpha value is -1.11. The summed E-state index contributed by atoms with van der Waals surface area (Å²) in [5, 5.41) is 7.68. The van der Waals surface area contributed by atoms with Gasteiger partial charge in [0.05, 0.1) is 13.2 Å². The Morgan fingerprint density at radius 2 is 1.84 bits per heavy atom. The smallest absolute Gasteiger partial charge is 0.171 e. The van der Waals surface area contributed by atoms with E-state index in [-0.39, 0.29) is 6.04 Å². The highest BCUT2D eigenvalue weighted by Gasteiger charge is 2.32. The van der Waals surface area contributed by atoms with Crippen molar-refractivity contribution in [3.8, 4) is 5.75 Å². The molecule has 0 saturated carbocycles. The fourth-order valence-corrected chi connectivity index (χ4v) is 6.54. The molecule has 0 radical (unpaired) electrons. The fraction of sp³-hybridized carbons (Fsp3) is 0.421. The van der Waals surface area contributed by atoms with Gasteiger partial charge in [-0.15, -0.1) is 23.5 Å². The molecule has 25 heavy (non-hydrogen) atoms. The summed E-state index contributed by atoms with van der Waals surface area (Å²) in [5.41, 5.74) is 5.46. The van der Waals surface area contributed by atoms with Gasteiger partial charge in [0.25, 0.3) is 0 Å². The molecule has 1 aliphatic carbocycles. The average Bonchev–Trinajstić information content (AvgIpc) is 2.67. The highest BCUT2D eigenvalue weighted by molar-refractivity contribution is 8.22. The molecule has 0 amide bonds. The van der Waals surface area contributed by atoms with Crippen LogP contribution in [0.1, 0.15) is 37.3 Å². The van der Waals surface area contributed by atoms with Crippen molar-refractivity contribution in [3.63, 3.8) is 0 Å². The van der Waals surface area contributed by atoms with Crippen LogP contribution in [-0.4, -0.2) is 23.7 Å². The van der Waals surface area contributed by atoms with E-state index in [1.807, 2.05) is 35.7 Å². The van der Waals surface area contributed by atoms with Crippen LogP contribution in [0, 0.1) is 0 Å². The van der Waals surface area contributed by atoms with Crippen LogP contribution in [0.25, 0.3) is 0 Å². The lowest BCUT2D eigenvalue weighted by molar-refractivity contribution is 0.414. The number of rotatable bonds is 2. The molecule has 1 fully saturated rings. The third-order valence-corrected chi connectivity index (χ3v) is 7.74. The number of thiocarbonyl (C=S) groups is 1. The van der Waals surface area contributed by atoms with Crippen LogP contribution < -0.4 is 15.4 Å². The zero-order valence-electron chi connectivity index (χ0n) is 14.3. The lowest BCUT2D eigenvalue weighted by atomic mass is 9.84. The van der Waals surface area contributed by atoms with Crippen LogP contribution in [0.3, 0.4) is 0 Å². The summed E-state index contributed by atoms with van der Waals surface area (Å²) >= 11 is 9.57. The van der Waals surface area contributed by atoms with Crippen LogP contribution in [0.4, 0.5) is 0 Å². The Bertz CT molecular complexity index is 732. The van der Waals surface area contributed by atoms with Crippen LogP contribution in [0.15, 0.2) is 45.3 Å². The maximum atomic E-state index is 5.54. The molecule has 2 aliphatic heterocycles. The van der Waals surface area contributed by atoms with E-state index in [0.29, 0.717) is 0 Å². The van der Waals surface area contributed by atoms with Crippen molar-refractivity contribution in [2.24, 2.45) is 0 Å². The Morgan fingerprint density at radius 3 is 2.56 bits per heavy atom. The molecule has 3 aliphatic rings. The number of ether oxygens (including phenoxy) is 1. The molecule has 0 unspecified atom stereocenters. The standard InChI is InChI=1S/C19H22N2OS3/c1-22-13-8-6-12(7-9-13)16-14-4-2-5-15(17(14)21-19(23)20-16)18-24-10-3-11-25-18/h6-9,16H,2-5,10-11H2,1H3,(H2,20,21,23)/t16-/m1/s1. The molecular formula is C19H22N2OS3. The minimum absolute atomic E-state index is 0.157. The lowest BCUT2D eigenvalue weighted by Crippen LogP contribution is -2.45. The molecular weight excluding hydrogens is 368 g/mol. The van der Waals surface area contributed by atoms with Crippen molar-refractivity contribution in [3.05, 3.63) is 50.9 Å².